The molecular weight excluding hydrogens is 254 g/mol. The van der Waals surface area contributed by atoms with Gasteiger partial charge in [-0.1, -0.05) is 11.6 Å². The summed E-state index contributed by atoms with van der Waals surface area (Å²) in [6.45, 7) is 4.19. The lowest BCUT2D eigenvalue weighted by Crippen LogP contribution is -2.24. The van der Waals surface area contributed by atoms with Crippen LogP contribution < -0.4 is 10.1 Å². The standard InChI is InChI=1S/C13H16ClNO3/c1-3-15-13(17)6-7-18-12-5-4-10(9(2)16)8-11(12)14/h4-5,8H,3,6-7H2,1-2H3,(H,15,17). The van der Waals surface area contributed by atoms with Crippen molar-refractivity contribution in [3.8, 4) is 5.75 Å². The molecule has 0 aliphatic rings. The molecule has 0 fully saturated rings. The first-order chi connectivity index (χ1) is 8.54. The van der Waals surface area contributed by atoms with Crippen molar-refractivity contribution in [3.63, 3.8) is 0 Å². The maximum Gasteiger partial charge on any atom is 0.223 e. The minimum atomic E-state index is -0.0611. The number of hydrogen-bond acceptors (Lipinski definition) is 3. The Kier molecular flexibility index (Phi) is 5.65. The molecule has 1 aromatic rings. The van der Waals surface area contributed by atoms with E-state index in [2.05, 4.69) is 5.32 Å². The van der Waals surface area contributed by atoms with Gasteiger partial charge in [-0.25, -0.2) is 0 Å². The van der Waals surface area contributed by atoms with Gasteiger partial charge in [0.15, 0.2) is 5.78 Å². The average Bonchev–Trinajstić information content (AvgIpc) is 2.31. The Hall–Kier alpha value is -1.55. The zero-order chi connectivity index (χ0) is 13.5. The first-order valence-electron chi connectivity index (χ1n) is 5.74. The first kappa shape index (κ1) is 14.5. The number of carbonyl (C=O) groups excluding carboxylic acids is 2. The molecule has 0 spiro atoms. The van der Waals surface area contributed by atoms with Crippen LogP contribution in [0.5, 0.6) is 5.75 Å². The maximum atomic E-state index is 11.2. The van der Waals surface area contributed by atoms with Gasteiger partial charge in [-0.05, 0) is 32.0 Å². The summed E-state index contributed by atoms with van der Waals surface area (Å²) in [4.78, 5) is 22.3. The van der Waals surface area contributed by atoms with Crippen molar-refractivity contribution in [1.29, 1.82) is 0 Å². The van der Waals surface area contributed by atoms with E-state index in [1.54, 1.807) is 18.2 Å². The lowest BCUT2D eigenvalue weighted by Gasteiger charge is -2.08. The first-order valence-corrected chi connectivity index (χ1v) is 6.12. The SMILES string of the molecule is CCNC(=O)CCOc1ccc(C(C)=O)cc1Cl. The number of benzene rings is 1. The van der Waals surface area contributed by atoms with Crippen molar-refractivity contribution in [3.05, 3.63) is 28.8 Å². The summed E-state index contributed by atoms with van der Waals surface area (Å²) >= 11 is 5.97. The second kappa shape index (κ2) is 7.01. The average molecular weight is 270 g/mol. The van der Waals surface area contributed by atoms with Gasteiger partial charge in [0.05, 0.1) is 18.1 Å². The van der Waals surface area contributed by atoms with Crippen LogP contribution in [0.3, 0.4) is 0 Å². The van der Waals surface area contributed by atoms with Crippen LogP contribution in [-0.2, 0) is 4.79 Å². The van der Waals surface area contributed by atoms with Crippen molar-refractivity contribution in [2.24, 2.45) is 0 Å². The third kappa shape index (κ3) is 4.37. The van der Waals surface area contributed by atoms with Crippen molar-refractivity contribution in [2.45, 2.75) is 20.3 Å². The zero-order valence-corrected chi connectivity index (χ0v) is 11.2. The zero-order valence-electron chi connectivity index (χ0n) is 10.5. The molecule has 1 rings (SSSR count). The van der Waals surface area contributed by atoms with Crippen LogP contribution >= 0.6 is 11.6 Å². The van der Waals surface area contributed by atoms with Gasteiger partial charge in [0, 0.05) is 12.1 Å². The smallest absolute Gasteiger partial charge is 0.223 e. The summed E-state index contributed by atoms with van der Waals surface area (Å²) in [5.41, 5.74) is 0.538. The molecule has 0 aliphatic heterocycles. The van der Waals surface area contributed by atoms with E-state index in [1.165, 1.54) is 6.92 Å². The molecule has 18 heavy (non-hydrogen) atoms. The van der Waals surface area contributed by atoms with Crippen LogP contribution in [0.15, 0.2) is 18.2 Å². The molecule has 0 radical (unpaired) electrons. The van der Waals surface area contributed by atoms with Gasteiger partial charge in [0.25, 0.3) is 0 Å². The number of ether oxygens (including phenoxy) is 1. The normalized spacial score (nSPS) is 9.94. The fourth-order valence-corrected chi connectivity index (χ4v) is 1.61. The Labute approximate surface area is 111 Å². The van der Waals surface area contributed by atoms with Gasteiger partial charge in [-0.15, -0.1) is 0 Å². The van der Waals surface area contributed by atoms with Crippen LogP contribution in [0.1, 0.15) is 30.6 Å². The second-order valence-electron chi connectivity index (χ2n) is 3.75. The predicted molar refractivity (Wildman–Crippen MR) is 70.3 cm³/mol. The summed E-state index contributed by atoms with van der Waals surface area (Å²) in [6.07, 6.45) is 0.276. The van der Waals surface area contributed by atoms with Crippen LogP contribution in [0, 0.1) is 0 Å². The van der Waals surface area contributed by atoms with E-state index >= 15 is 0 Å². The Balaban J connectivity index is 2.53. The van der Waals surface area contributed by atoms with E-state index in [0.29, 0.717) is 22.9 Å². The Morgan fingerprint density at radius 3 is 2.67 bits per heavy atom. The molecule has 4 nitrogen and oxygen atoms in total. The van der Waals surface area contributed by atoms with Gasteiger partial charge in [0.1, 0.15) is 5.75 Å². The fraction of sp³-hybridized carbons (Fsp3) is 0.385. The summed E-state index contributed by atoms with van der Waals surface area (Å²) in [6, 6.07) is 4.85. The Morgan fingerprint density at radius 1 is 1.39 bits per heavy atom. The van der Waals surface area contributed by atoms with Crippen LogP contribution in [0.4, 0.5) is 0 Å². The van der Waals surface area contributed by atoms with Crippen molar-refractivity contribution in [2.75, 3.05) is 13.2 Å². The molecule has 0 atom stereocenters. The van der Waals surface area contributed by atoms with E-state index in [1.807, 2.05) is 6.92 Å². The molecule has 1 aromatic carbocycles. The topological polar surface area (TPSA) is 55.4 Å². The number of carbonyl (C=O) groups is 2. The Bertz CT molecular complexity index is 446. The minimum absolute atomic E-state index is 0.0502. The van der Waals surface area contributed by atoms with Crippen molar-refractivity contribution >= 4 is 23.3 Å². The summed E-state index contributed by atoms with van der Waals surface area (Å²) in [5, 5.41) is 3.05. The molecule has 0 heterocycles. The molecule has 5 heteroatoms. The van der Waals surface area contributed by atoms with Gasteiger partial charge in [0.2, 0.25) is 5.91 Å². The Morgan fingerprint density at radius 2 is 2.11 bits per heavy atom. The lowest BCUT2D eigenvalue weighted by molar-refractivity contribution is -0.121. The molecular formula is C13H16ClNO3. The van der Waals surface area contributed by atoms with E-state index in [0.717, 1.165) is 0 Å². The second-order valence-corrected chi connectivity index (χ2v) is 4.16. The summed E-state index contributed by atoms with van der Waals surface area (Å²) in [7, 11) is 0. The van der Waals surface area contributed by atoms with E-state index in [-0.39, 0.29) is 24.7 Å². The van der Waals surface area contributed by atoms with Crippen LogP contribution in [0.2, 0.25) is 5.02 Å². The van der Waals surface area contributed by atoms with E-state index in [9.17, 15) is 9.59 Å². The van der Waals surface area contributed by atoms with Crippen molar-refractivity contribution < 1.29 is 14.3 Å². The monoisotopic (exact) mass is 269 g/mol. The number of Topliss-reactive ketones (excluding diaryl/α,β-unsaturated/α-hetero) is 1. The fourth-order valence-electron chi connectivity index (χ4n) is 1.38. The molecule has 98 valence electrons. The highest BCUT2D eigenvalue weighted by Crippen LogP contribution is 2.25. The minimum Gasteiger partial charge on any atom is -0.491 e. The summed E-state index contributed by atoms with van der Waals surface area (Å²) < 4.78 is 5.38. The third-order valence-electron chi connectivity index (χ3n) is 2.30. The number of halogens is 1. The van der Waals surface area contributed by atoms with E-state index in [4.69, 9.17) is 16.3 Å². The molecule has 0 aromatic heterocycles. The maximum absolute atomic E-state index is 11.2. The van der Waals surface area contributed by atoms with Crippen LogP contribution in [-0.4, -0.2) is 24.8 Å². The quantitative estimate of drug-likeness (QED) is 0.807. The van der Waals surface area contributed by atoms with Gasteiger partial charge < -0.3 is 10.1 Å². The molecule has 0 aliphatic carbocycles. The highest BCUT2D eigenvalue weighted by atomic mass is 35.5. The molecule has 1 amide bonds. The molecule has 0 bridgehead atoms. The van der Waals surface area contributed by atoms with Gasteiger partial charge in [-0.2, -0.15) is 0 Å². The molecule has 0 unspecified atom stereocenters. The number of nitrogens with one attached hydrogen (secondary N) is 1. The summed E-state index contributed by atoms with van der Waals surface area (Å²) in [5.74, 6) is 0.366. The van der Waals surface area contributed by atoms with E-state index < -0.39 is 0 Å². The lowest BCUT2D eigenvalue weighted by atomic mass is 10.1. The number of rotatable bonds is 6. The number of hydrogen-bond donors (Lipinski definition) is 1. The molecule has 1 N–H and O–H groups in total. The van der Waals surface area contributed by atoms with Crippen LogP contribution in [0.25, 0.3) is 0 Å². The third-order valence-corrected chi connectivity index (χ3v) is 2.59. The molecule has 0 saturated heterocycles. The largest absolute Gasteiger partial charge is 0.491 e. The predicted octanol–water partition coefficient (Wildman–Crippen LogP) is 2.45. The highest BCUT2D eigenvalue weighted by Gasteiger charge is 2.07. The molecule has 0 saturated carbocycles. The van der Waals surface area contributed by atoms with Gasteiger partial charge >= 0.3 is 0 Å². The highest BCUT2D eigenvalue weighted by molar-refractivity contribution is 6.32. The number of amides is 1. The van der Waals surface area contributed by atoms with Gasteiger partial charge in [-0.3, -0.25) is 9.59 Å². The number of ketones is 1. The van der Waals surface area contributed by atoms with Crippen molar-refractivity contribution in [1.82, 2.24) is 5.32 Å².